The third-order valence-electron chi connectivity index (χ3n) is 3.31. The van der Waals surface area contributed by atoms with Gasteiger partial charge in [0.25, 0.3) is 0 Å². The van der Waals surface area contributed by atoms with E-state index in [4.69, 9.17) is 5.73 Å². The number of halogens is 2. The van der Waals surface area contributed by atoms with Crippen LogP contribution in [0.1, 0.15) is 24.8 Å². The van der Waals surface area contributed by atoms with Gasteiger partial charge in [0.2, 0.25) is 0 Å². The van der Waals surface area contributed by atoms with Crippen molar-refractivity contribution >= 4 is 0 Å². The Balaban J connectivity index is 2.39. The molecule has 0 radical (unpaired) electrons. The van der Waals surface area contributed by atoms with Gasteiger partial charge < -0.3 is 5.73 Å². The maximum atomic E-state index is 13.9. The maximum absolute atomic E-state index is 13.9. The summed E-state index contributed by atoms with van der Waals surface area (Å²) in [6.07, 6.45) is 0.856. The van der Waals surface area contributed by atoms with Gasteiger partial charge in [-0.1, -0.05) is 25.1 Å². The largest absolute Gasteiger partial charge is 0.330 e. The van der Waals surface area contributed by atoms with Crippen LogP contribution in [-0.4, -0.2) is 6.54 Å². The third-order valence-corrected chi connectivity index (χ3v) is 3.31. The molecule has 19 heavy (non-hydrogen) atoms. The van der Waals surface area contributed by atoms with Crippen LogP contribution in [0.15, 0.2) is 42.5 Å². The van der Waals surface area contributed by atoms with Crippen molar-refractivity contribution in [2.75, 3.05) is 6.54 Å². The number of benzene rings is 2. The van der Waals surface area contributed by atoms with Gasteiger partial charge in [-0.3, -0.25) is 0 Å². The predicted molar refractivity (Wildman–Crippen MR) is 73.9 cm³/mol. The van der Waals surface area contributed by atoms with Crippen molar-refractivity contribution in [1.82, 2.24) is 0 Å². The van der Waals surface area contributed by atoms with Crippen LogP contribution >= 0.6 is 0 Å². The number of rotatable bonds is 4. The summed E-state index contributed by atoms with van der Waals surface area (Å²) in [6, 6.07) is 10.9. The molecular weight excluding hydrogens is 244 g/mol. The Kier molecular flexibility index (Phi) is 4.27. The molecule has 2 N–H and O–H groups in total. The molecule has 0 heterocycles. The predicted octanol–water partition coefficient (Wildman–Crippen LogP) is 4.08. The topological polar surface area (TPSA) is 26.0 Å². The summed E-state index contributed by atoms with van der Waals surface area (Å²) in [6.45, 7) is 2.67. The molecule has 2 rings (SSSR count). The Morgan fingerprint density at radius 3 is 2.37 bits per heavy atom. The van der Waals surface area contributed by atoms with Crippen LogP contribution in [0.25, 0.3) is 11.1 Å². The Hall–Kier alpha value is -1.74. The zero-order chi connectivity index (χ0) is 13.8. The first-order valence-electron chi connectivity index (χ1n) is 6.37. The van der Waals surface area contributed by atoms with Crippen molar-refractivity contribution in [1.29, 1.82) is 0 Å². The van der Waals surface area contributed by atoms with Gasteiger partial charge in [0.15, 0.2) is 0 Å². The summed E-state index contributed by atoms with van der Waals surface area (Å²) >= 11 is 0. The zero-order valence-electron chi connectivity index (χ0n) is 10.9. The quantitative estimate of drug-likeness (QED) is 0.881. The van der Waals surface area contributed by atoms with E-state index in [0.717, 1.165) is 12.0 Å². The maximum Gasteiger partial charge on any atom is 0.131 e. The minimum absolute atomic E-state index is 0.282. The highest BCUT2D eigenvalue weighted by Gasteiger charge is 2.10. The molecule has 2 aromatic carbocycles. The molecule has 0 saturated heterocycles. The van der Waals surface area contributed by atoms with Crippen LogP contribution in [0.4, 0.5) is 8.78 Å². The highest BCUT2D eigenvalue weighted by Crippen LogP contribution is 2.28. The molecule has 0 aromatic heterocycles. The first-order valence-corrected chi connectivity index (χ1v) is 6.37. The second-order valence-electron chi connectivity index (χ2n) is 4.72. The summed E-state index contributed by atoms with van der Waals surface area (Å²) in [4.78, 5) is 0. The second-order valence-corrected chi connectivity index (χ2v) is 4.72. The van der Waals surface area contributed by atoms with Crippen LogP contribution in [0.5, 0.6) is 0 Å². The second kappa shape index (κ2) is 5.93. The average molecular weight is 261 g/mol. The van der Waals surface area contributed by atoms with Crippen molar-refractivity contribution in [2.45, 2.75) is 19.3 Å². The molecule has 1 atom stereocenters. The summed E-state index contributed by atoms with van der Waals surface area (Å²) in [5.41, 5.74) is 7.78. The Morgan fingerprint density at radius 1 is 1.05 bits per heavy atom. The monoisotopic (exact) mass is 261 g/mol. The first-order chi connectivity index (χ1) is 9.11. The molecule has 100 valence electrons. The van der Waals surface area contributed by atoms with E-state index in [0.29, 0.717) is 17.7 Å². The van der Waals surface area contributed by atoms with Gasteiger partial charge in [-0.25, -0.2) is 8.78 Å². The minimum atomic E-state index is -0.322. The number of hydrogen-bond donors (Lipinski definition) is 1. The summed E-state index contributed by atoms with van der Waals surface area (Å²) < 4.78 is 26.8. The van der Waals surface area contributed by atoms with Crippen LogP contribution in [0.2, 0.25) is 0 Å². The molecule has 0 fully saturated rings. The Bertz CT molecular complexity index is 549. The van der Waals surface area contributed by atoms with Gasteiger partial charge in [0.05, 0.1) is 0 Å². The van der Waals surface area contributed by atoms with E-state index in [2.05, 4.69) is 6.92 Å². The van der Waals surface area contributed by atoms with Crippen LogP contribution in [0.3, 0.4) is 0 Å². The van der Waals surface area contributed by atoms with E-state index in [1.807, 2.05) is 6.07 Å². The summed E-state index contributed by atoms with van der Waals surface area (Å²) in [7, 11) is 0. The average Bonchev–Trinajstić information content (AvgIpc) is 2.41. The van der Waals surface area contributed by atoms with Gasteiger partial charge in [-0.2, -0.15) is 0 Å². The van der Waals surface area contributed by atoms with E-state index < -0.39 is 0 Å². The van der Waals surface area contributed by atoms with Crippen LogP contribution in [0, 0.1) is 11.6 Å². The van der Waals surface area contributed by atoms with Crippen molar-refractivity contribution in [2.24, 2.45) is 5.73 Å². The Labute approximate surface area is 112 Å². The molecule has 3 heteroatoms. The molecule has 1 unspecified atom stereocenters. The number of nitrogens with two attached hydrogens (primary N) is 1. The lowest BCUT2D eigenvalue weighted by molar-refractivity contribution is 0.624. The van der Waals surface area contributed by atoms with Gasteiger partial charge in [0, 0.05) is 5.56 Å². The molecule has 0 aliphatic rings. The van der Waals surface area contributed by atoms with Crippen LogP contribution < -0.4 is 5.73 Å². The van der Waals surface area contributed by atoms with Crippen LogP contribution in [-0.2, 0) is 0 Å². The Morgan fingerprint density at radius 2 is 1.74 bits per heavy atom. The minimum Gasteiger partial charge on any atom is -0.330 e. The molecule has 0 aliphatic heterocycles. The van der Waals surface area contributed by atoms with Gasteiger partial charge in [-0.15, -0.1) is 0 Å². The molecule has 0 spiro atoms. The molecule has 0 aliphatic carbocycles. The van der Waals surface area contributed by atoms with Gasteiger partial charge in [-0.05, 0) is 54.3 Å². The standard InChI is InChI=1S/C16H17F2N/c1-11(8-9-19)13-4-7-16(18)15(10-13)12-2-5-14(17)6-3-12/h2-7,10-11H,8-9,19H2,1H3. The molecule has 2 aromatic rings. The normalized spacial score (nSPS) is 12.4. The van der Waals surface area contributed by atoms with Crippen molar-refractivity contribution in [3.63, 3.8) is 0 Å². The van der Waals surface area contributed by atoms with E-state index >= 15 is 0 Å². The summed E-state index contributed by atoms with van der Waals surface area (Å²) in [5.74, 6) is -0.336. The van der Waals surface area contributed by atoms with E-state index in [-0.39, 0.29) is 17.6 Å². The molecule has 0 amide bonds. The van der Waals surface area contributed by atoms with Gasteiger partial charge in [0.1, 0.15) is 11.6 Å². The fraction of sp³-hybridized carbons (Fsp3) is 0.250. The fourth-order valence-electron chi connectivity index (χ4n) is 2.12. The van der Waals surface area contributed by atoms with E-state index in [9.17, 15) is 8.78 Å². The fourth-order valence-corrected chi connectivity index (χ4v) is 2.12. The zero-order valence-corrected chi connectivity index (χ0v) is 10.9. The lowest BCUT2D eigenvalue weighted by Gasteiger charge is -2.13. The van der Waals surface area contributed by atoms with Crippen molar-refractivity contribution in [3.8, 4) is 11.1 Å². The lowest BCUT2D eigenvalue weighted by atomic mass is 9.94. The molecule has 0 bridgehead atoms. The summed E-state index contributed by atoms with van der Waals surface area (Å²) in [5, 5.41) is 0. The highest BCUT2D eigenvalue weighted by atomic mass is 19.1. The molecular formula is C16H17F2N. The molecule has 0 saturated carbocycles. The highest BCUT2D eigenvalue weighted by molar-refractivity contribution is 5.65. The van der Waals surface area contributed by atoms with Crippen molar-refractivity contribution in [3.05, 3.63) is 59.7 Å². The van der Waals surface area contributed by atoms with E-state index in [1.165, 1.54) is 18.2 Å². The first kappa shape index (κ1) is 13.7. The molecule has 1 nitrogen and oxygen atoms in total. The SMILES string of the molecule is CC(CCN)c1ccc(F)c(-c2ccc(F)cc2)c1. The van der Waals surface area contributed by atoms with Gasteiger partial charge >= 0.3 is 0 Å². The van der Waals surface area contributed by atoms with Crippen molar-refractivity contribution < 1.29 is 8.78 Å². The lowest BCUT2D eigenvalue weighted by Crippen LogP contribution is -2.04. The number of hydrogen-bond acceptors (Lipinski definition) is 1. The smallest absolute Gasteiger partial charge is 0.131 e. The van der Waals surface area contributed by atoms with E-state index in [1.54, 1.807) is 18.2 Å². The third kappa shape index (κ3) is 3.18.